The molecule has 0 aromatic carbocycles. The van der Waals surface area contributed by atoms with Crippen molar-refractivity contribution in [3.05, 3.63) is 23.9 Å². The van der Waals surface area contributed by atoms with Crippen LogP contribution >= 0.6 is 11.8 Å². The summed E-state index contributed by atoms with van der Waals surface area (Å²) in [6, 6.07) is 4.79. The molecule has 1 N–H and O–H groups in total. The molecule has 114 valence electrons. The van der Waals surface area contributed by atoms with E-state index in [2.05, 4.69) is 68.3 Å². The maximum absolute atomic E-state index is 4.50. The van der Waals surface area contributed by atoms with Crippen molar-refractivity contribution in [1.82, 2.24) is 10.3 Å². The molecule has 0 fully saturated rings. The van der Waals surface area contributed by atoms with Crippen LogP contribution in [0.5, 0.6) is 0 Å². The molecule has 3 nitrogen and oxygen atoms in total. The smallest absolute Gasteiger partial charge is 0.128 e. The summed E-state index contributed by atoms with van der Waals surface area (Å²) in [4.78, 5) is 6.78. The number of pyridine rings is 1. The van der Waals surface area contributed by atoms with E-state index >= 15 is 0 Å². The van der Waals surface area contributed by atoms with Gasteiger partial charge in [-0.25, -0.2) is 4.98 Å². The van der Waals surface area contributed by atoms with Gasteiger partial charge in [-0.2, -0.15) is 11.8 Å². The van der Waals surface area contributed by atoms with Crippen LogP contribution in [0.25, 0.3) is 0 Å². The van der Waals surface area contributed by atoms with Crippen molar-refractivity contribution in [2.45, 2.75) is 52.2 Å². The molecule has 1 atom stereocenters. The number of anilines is 1. The number of hydrogen-bond acceptors (Lipinski definition) is 4. The Morgan fingerprint density at radius 3 is 2.70 bits per heavy atom. The first-order valence-corrected chi connectivity index (χ1v) is 8.64. The summed E-state index contributed by atoms with van der Waals surface area (Å²) in [5.41, 5.74) is 1.43. The second kappa shape index (κ2) is 7.89. The lowest BCUT2D eigenvalue weighted by Gasteiger charge is -2.26. The highest BCUT2D eigenvalue weighted by atomic mass is 32.2. The lowest BCUT2D eigenvalue weighted by atomic mass is 10.1. The van der Waals surface area contributed by atoms with Crippen molar-refractivity contribution < 1.29 is 0 Å². The average Bonchev–Trinajstić information content (AvgIpc) is 2.41. The molecule has 0 saturated heterocycles. The monoisotopic (exact) mass is 295 g/mol. The predicted molar refractivity (Wildman–Crippen MR) is 91.7 cm³/mol. The molecule has 20 heavy (non-hydrogen) atoms. The largest absolute Gasteiger partial charge is 0.357 e. The van der Waals surface area contributed by atoms with E-state index < -0.39 is 0 Å². The van der Waals surface area contributed by atoms with Crippen molar-refractivity contribution >= 4 is 17.6 Å². The molecule has 4 heteroatoms. The van der Waals surface area contributed by atoms with Crippen LogP contribution in [0.1, 0.15) is 39.7 Å². The van der Waals surface area contributed by atoms with E-state index in [0.29, 0.717) is 6.04 Å². The van der Waals surface area contributed by atoms with Crippen LogP contribution < -0.4 is 10.2 Å². The summed E-state index contributed by atoms with van der Waals surface area (Å²) in [7, 11) is 2.13. The van der Waals surface area contributed by atoms with Crippen molar-refractivity contribution in [3.8, 4) is 0 Å². The Morgan fingerprint density at radius 2 is 2.10 bits per heavy atom. The van der Waals surface area contributed by atoms with Crippen molar-refractivity contribution in [2.24, 2.45) is 0 Å². The van der Waals surface area contributed by atoms with Gasteiger partial charge >= 0.3 is 0 Å². The molecule has 1 heterocycles. The lowest BCUT2D eigenvalue weighted by molar-refractivity contribution is 0.424. The fraction of sp³-hybridized carbons (Fsp3) is 0.688. The van der Waals surface area contributed by atoms with Crippen molar-refractivity contribution in [3.63, 3.8) is 0 Å². The second-order valence-electron chi connectivity index (χ2n) is 6.37. The highest BCUT2D eigenvalue weighted by Crippen LogP contribution is 2.17. The van der Waals surface area contributed by atoms with Crippen LogP contribution in [0.2, 0.25) is 0 Å². The van der Waals surface area contributed by atoms with Crippen LogP contribution in [0.15, 0.2) is 18.3 Å². The van der Waals surface area contributed by atoms with E-state index in [0.717, 1.165) is 12.4 Å². The van der Waals surface area contributed by atoms with Gasteiger partial charge in [0.25, 0.3) is 0 Å². The standard InChI is InChI=1S/C16H29N3S/c1-13(8-10-20-6)19(5)15-11-14(7-9-17-15)12-18-16(2,3)4/h7,9,11,13,18H,8,10,12H2,1-6H3. The first-order chi connectivity index (χ1) is 9.33. The van der Waals surface area contributed by atoms with Gasteiger partial charge in [-0.1, -0.05) is 0 Å². The van der Waals surface area contributed by atoms with E-state index in [1.807, 2.05) is 18.0 Å². The Morgan fingerprint density at radius 1 is 1.40 bits per heavy atom. The number of nitrogens with one attached hydrogen (secondary N) is 1. The zero-order chi connectivity index (χ0) is 15.2. The van der Waals surface area contributed by atoms with E-state index in [1.165, 1.54) is 17.7 Å². The highest BCUT2D eigenvalue weighted by molar-refractivity contribution is 7.98. The minimum atomic E-state index is 0.140. The minimum absolute atomic E-state index is 0.140. The van der Waals surface area contributed by atoms with E-state index in [4.69, 9.17) is 0 Å². The molecule has 0 spiro atoms. The van der Waals surface area contributed by atoms with Crippen LogP contribution in [0.4, 0.5) is 5.82 Å². The Balaban J connectivity index is 2.67. The fourth-order valence-electron chi connectivity index (χ4n) is 1.84. The zero-order valence-electron chi connectivity index (χ0n) is 13.7. The molecule has 0 amide bonds. The third-order valence-corrected chi connectivity index (χ3v) is 4.04. The first kappa shape index (κ1) is 17.3. The topological polar surface area (TPSA) is 28.2 Å². The summed E-state index contributed by atoms with van der Waals surface area (Å²) in [6.07, 6.45) is 5.25. The minimum Gasteiger partial charge on any atom is -0.357 e. The third-order valence-electron chi connectivity index (χ3n) is 3.40. The van der Waals surface area contributed by atoms with Gasteiger partial charge in [0.1, 0.15) is 5.82 Å². The van der Waals surface area contributed by atoms with Gasteiger partial charge in [-0.3, -0.25) is 0 Å². The van der Waals surface area contributed by atoms with Gasteiger partial charge in [0.15, 0.2) is 0 Å². The lowest BCUT2D eigenvalue weighted by Crippen LogP contribution is -2.35. The quantitative estimate of drug-likeness (QED) is 0.832. The van der Waals surface area contributed by atoms with Gasteiger partial charge in [-0.15, -0.1) is 0 Å². The number of rotatable bonds is 7. The molecule has 0 bridgehead atoms. The molecule has 1 aromatic rings. The Kier molecular flexibility index (Phi) is 6.83. The summed E-state index contributed by atoms with van der Waals surface area (Å²) in [5.74, 6) is 2.25. The molecule has 1 aromatic heterocycles. The molecule has 0 saturated carbocycles. The maximum atomic E-state index is 4.50. The van der Waals surface area contributed by atoms with Crippen LogP contribution in [0, 0.1) is 0 Å². The molecule has 0 aliphatic rings. The van der Waals surface area contributed by atoms with E-state index in [-0.39, 0.29) is 5.54 Å². The third kappa shape index (κ3) is 6.14. The maximum Gasteiger partial charge on any atom is 0.128 e. The van der Waals surface area contributed by atoms with Crippen molar-refractivity contribution in [1.29, 1.82) is 0 Å². The molecule has 0 aliphatic heterocycles. The van der Waals surface area contributed by atoms with Crippen LogP contribution in [0.3, 0.4) is 0 Å². The van der Waals surface area contributed by atoms with Gasteiger partial charge < -0.3 is 10.2 Å². The fourth-order valence-corrected chi connectivity index (χ4v) is 2.42. The van der Waals surface area contributed by atoms with Gasteiger partial charge in [0.05, 0.1) is 0 Å². The number of nitrogens with zero attached hydrogens (tertiary/aromatic N) is 2. The summed E-state index contributed by atoms with van der Waals surface area (Å²) in [5, 5.41) is 3.52. The van der Waals surface area contributed by atoms with Gasteiger partial charge in [0, 0.05) is 31.4 Å². The average molecular weight is 295 g/mol. The van der Waals surface area contributed by atoms with Crippen molar-refractivity contribution in [2.75, 3.05) is 24.0 Å². The van der Waals surface area contributed by atoms with Crippen LogP contribution in [-0.4, -0.2) is 35.6 Å². The Bertz CT molecular complexity index is 401. The normalized spacial score (nSPS) is 13.3. The first-order valence-electron chi connectivity index (χ1n) is 7.25. The Hall–Kier alpha value is -0.740. The molecule has 0 aliphatic carbocycles. The zero-order valence-corrected chi connectivity index (χ0v) is 14.5. The Labute approximate surface area is 128 Å². The van der Waals surface area contributed by atoms with E-state index in [9.17, 15) is 0 Å². The SMILES string of the molecule is CSCCC(C)N(C)c1cc(CNC(C)(C)C)ccn1. The predicted octanol–water partition coefficient (Wildman–Crippen LogP) is 3.55. The number of aromatic nitrogens is 1. The van der Waals surface area contributed by atoms with Gasteiger partial charge in [0.2, 0.25) is 0 Å². The second-order valence-corrected chi connectivity index (χ2v) is 7.35. The summed E-state index contributed by atoms with van der Waals surface area (Å²) < 4.78 is 0. The van der Waals surface area contributed by atoms with Gasteiger partial charge in [-0.05, 0) is 63.8 Å². The summed E-state index contributed by atoms with van der Waals surface area (Å²) in [6.45, 7) is 9.70. The highest BCUT2D eigenvalue weighted by Gasteiger charge is 2.12. The number of thioether (sulfide) groups is 1. The molecule has 0 radical (unpaired) electrons. The van der Waals surface area contributed by atoms with Crippen LogP contribution in [-0.2, 0) is 6.54 Å². The summed E-state index contributed by atoms with van der Waals surface area (Å²) >= 11 is 1.90. The molecular formula is C16H29N3S. The molecular weight excluding hydrogens is 266 g/mol. The molecule has 1 rings (SSSR count). The number of hydrogen-bond donors (Lipinski definition) is 1. The molecule has 1 unspecified atom stereocenters. The van der Waals surface area contributed by atoms with E-state index in [1.54, 1.807) is 0 Å².